The van der Waals surface area contributed by atoms with Crippen molar-refractivity contribution in [2.24, 2.45) is 0 Å². The predicted octanol–water partition coefficient (Wildman–Crippen LogP) is 1.38. The van der Waals surface area contributed by atoms with E-state index in [0.717, 1.165) is 5.56 Å². The van der Waals surface area contributed by atoms with Crippen LogP contribution < -0.4 is 0 Å². The molecule has 2 atom stereocenters. The van der Waals surface area contributed by atoms with Crippen molar-refractivity contribution in [3.8, 4) is 0 Å². The van der Waals surface area contributed by atoms with Gasteiger partial charge in [-0.15, -0.1) is 0 Å². The van der Waals surface area contributed by atoms with Crippen LogP contribution in [0.25, 0.3) is 0 Å². The van der Waals surface area contributed by atoms with Crippen molar-refractivity contribution in [1.29, 1.82) is 0 Å². The molecule has 1 N–H and O–H groups in total. The highest BCUT2D eigenvalue weighted by atomic mass is 16.3. The molecule has 0 aromatic heterocycles. The summed E-state index contributed by atoms with van der Waals surface area (Å²) in [5.74, 6) is -0.0700. The average Bonchev–Trinajstić information content (AvgIpc) is 2.24. The van der Waals surface area contributed by atoms with Gasteiger partial charge in [-0.3, -0.25) is 9.69 Å². The maximum absolute atomic E-state index is 11.8. The molecule has 3 nitrogen and oxygen atoms in total. The molecule has 0 amide bonds. The molecule has 0 spiro atoms. The Labute approximate surface area is 95.7 Å². The molecule has 1 fully saturated rings. The fourth-order valence-corrected chi connectivity index (χ4v) is 2.28. The summed E-state index contributed by atoms with van der Waals surface area (Å²) in [6.45, 7) is 1.98. The van der Waals surface area contributed by atoms with E-state index in [4.69, 9.17) is 0 Å². The molecule has 1 heterocycles. The van der Waals surface area contributed by atoms with Gasteiger partial charge in [0.2, 0.25) is 0 Å². The van der Waals surface area contributed by atoms with Gasteiger partial charge in [-0.1, -0.05) is 30.3 Å². The number of benzene rings is 1. The van der Waals surface area contributed by atoms with Gasteiger partial charge in [0, 0.05) is 19.0 Å². The average molecular weight is 219 g/mol. The summed E-state index contributed by atoms with van der Waals surface area (Å²) in [5, 5.41) is 9.89. The lowest BCUT2D eigenvalue weighted by molar-refractivity contribution is -0.144. The number of likely N-dealkylation sites (tertiary alicyclic amines) is 1. The van der Waals surface area contributed by atoms with Crippen LogP contribution in [-0.2, 0) is 4.79 Å². The topological polar surface area (TPSA) is 40.5 Å². The van der Waals surface area contributed by atoms with Gasteiger partial charge >= 0.3 is 0 Å². The Kier molecular flexibility index (Phi) is 2.82. The Morgan fingerprint density at radius 2 is 2.00 bits per heavy atom. The highest BCUT2D eigenvalue weighted by Gasteiger charge is 2.40. The summed E-state index contributed by atoms with van der Waals surface area (Å²) in [4.78, 5) is 13.8. The summed E-state index contributed by atoms with van der Waals surface area (Å²) >= 11 is 0. The first-order valence-electron chi connectivity index (χ1n) is 5.51. The minimum Gasteiger partial charge on any atom is -0.381 e. The fraction of sp³-hybridized carbons (Fsp3) is 0.462. The molecule has 2 rings (SSSR count). The normalized spacial score (nSPS) is 31.7. The van der Waals surface area contributed by atoms with Crippen LogP contribution in [0.15, 0.2) is 30.3 Å². The molecule has 0 bridgehead atoms. The number of Topliss-reactive ketones (excluding diaryl/α,β-unsaturated/α-hetero) is 1. The van der Waals surface area contributed by atoms with Crippen molar-refractivity contribution >= 4 is 5.78 Å². The van der Waals surface area contributed by atoms with Gasteiger partial charge < -0.3 is 5.11 Å². The van der Waals surface area contributed by atoms with Crippen molar-refractivity contribution < 1.29 is 9.90 Å². The Balaban J connectivity index is 2.23. The minimum atomic E-state index is -1.19. The molecule has 86 valence electrons. The van der Waals surface area contributed by atoms with E-state index in [-0.39, 0.29) is 11.8 Å². The summed E-state index contributed by atoms with van der Waals surface area (Å²) < 4.78 is 0. The van der Waals surface area contributed by atoms with Gasteiger partial charge in [0.05, 0.1) is 0 Å². The molecule has 1 aromatic carbocycles. The van der Waals surface area contributed by atoms with Gasteiger partial charge in [-0.25, -0.2) is 0 Å². The third-order valence-electron chi connectivity index (χ3n) is 3.25. The molecule has 1 aliphatic heterocycles. The van der Waals surface area contributed by atoms with Gasteiger partial charge in [-0.2, -0.15) is 0 Å². The van der Waals surface area contributed by atoms with Crippen molar-refractivity contribution in [1.82, 2.24) is 4.90 Å². The lowest BCUT2D eigenvalue weighted by Gasteiger charge is -2.39. The molecule has 0 saturated carbocycles. The largest absolute Gasteiger partial charge is 0.381 e. The molecule has 0 unspecified atom stereocenters. The van der Waals surface area contributed by atoms with Crippen LogP contribution in [0, 0.1) is 0 Å². The smallest absolute Gasteiger partial charge is 0.167 e. The number of β-amino-alcohol motifs (C(OH)–C–C–N with tert-alkyl or cyclic N) is 1. The second-order valence-electron chi connectivity index (χ2n) is 4.74. The summed E-state index contributed by atoms with van der Waals surface area (Å²) in [7, 11) is 1.94. The Hall–Kier alpha value is -1.19. The van der Waals surface area contributed by atoms with Gasteiger partial charge in [0.1, 0.15) is 5.60 Å². The SMILES string of the molecule is CN1C[C@@](C)(O)C(=O)C[C@H]1c1ccccc1. The van der Waals surface area contributed by atoms with E-state index in [1.165, 1.54) is 0 Å². The Bertz CT molecular complexity index is 386. The number of carbonyl (C=O) groups is 1. The Morgan fingerprint density at radius 1 is 1.38 bits per heavy atom. The van der Waals surface area contributed by atoms with Crippen LogP contribution >= 0.6 is 0 Å². The number of piperidine rings is 1. The van der Waals surface area contributed by atoms with Crippen molar-refractivity contribution in [3.05, 3.63) is 35.9 Å². The molecule has 1 aromatic rings. The predicted molar refractivity (Wildman–Crippen MR) is 62.1 cm³/mol. The van der Waals surface area contributed by atoms with E-state index in [1.54, 1.807) is 6.92 Å². The van der Waals surface area contributed by atoms with E-state index < -0.39 is 5.60 Å². The van der Waals surface area contributed by atoms with Crippen LogP contribution in [-0.4, -0.2) is 35.0 Å². The second kappa shape index (κ2) is 4.00. The maximum atomic E-state index is 11.8. The van der Waals surface area contributed by atoms with Crippen LogP contribution in [0.3, 0.4) is 0 Å². The zero-order valence-corrected chi connectivity index (χ0v) is 9.68. The zero-order chi connectivity index (χ0) is 11.8. The van der Waals surface area contributed by atoms with E-state index in [2.05, 4.69) is 0 Å². The van der Waals surface area contributed by atoms with E-state index >= 15 is 0 Å². The first kappa shape index (κ1) is 11.3. The summed E-state index contributed by atoms with van der Waals surface area (Å²) in [6.07, 6.45) is 0.382. The molecular formula is C13H17NO2. The molecule has 3 heteroatoms. The van der Waals surface area contributed by atoms with E-state index in [1.807, 2.05) is 42.3 Å². The maximum Gasteiger partial charge on any atom is 0.167 e. The monoisotopic (exact) mass is 219 g/mol. The number of hydrogen-bond acceptors (Lipinski definition) is 3. The molecular weight excluding hydrogens is 202 g/mol. The van der Waals surface area contributed by atoms with Crippen LogP contribution in [0.5, 0.6) is 0 Å². The third kappa shape index (κ3) is 2.01. The first-order chi connectivity index (χ1) is 7.50. The molecule has 0 aliphatic carbocycles. The van der Waals surface area contributed by atoms with Crippen molar-refractivity contribution in [2.75, 3.05) is 13.6 Å². The van der Waals surface area contributed by atoms with Crippen LogP contribution in [0.4, 0.5) is 0 Å². The van der Waals surface area contributed by atoms with Crippen LogP contribution in [0.2, 0.25) is 0 Å². The lowest BCUT2D eigenvalue weighted by Crippen LogP contribution is -2.52. The van der Waals surface area contributed by atoms with Gasteiger partial charge in [0.25, 0.3) is 0 Å². The highest BCUT2D eigenvalue weighted by molar-refractivity contribution is 5.88. The molecule has 1 aliphatic rings. The number of rotatable bonds is 1. The summed E-state index contributed by atoms with van der Waals surface area (Å²) in [5.41, 5.74) is -0.0612. The van der Waals surface area contributed by atoms with Crippen molar-refractivity contribution in [2.45, 2.75) is 25.0 Å². The Morgan fingerprint density at radius 3 is 2.62 bits per heavy atom. The van der Waals surface area contributed by atoms with Gasteiger partial charge in [0.15, 0.2) is 5.78 Å². The molecule has 1 saturated heterocycles. The standard InChI is InChI=1S/C13H17NO2/c1-13(16)9-14(2)11(8-12(13)15)10-6-4-3-5-7-10/h3-7,11,16H,8-9H2,1-2H3/t11-,13+/m0/s1. The zero-order valence-electron chi connectivity index (χ0n) is 9.68. The second-order valence-corrected chi connectivity index (χ2v) is 4.74. The lowest BCUT2D eigenvalue weighted by atomic mass is 9.86. The number of nitrogens with zero attached hydrogens (tertiary/aromatic N) is 1. The fourth-order valence-electron chi connectivity index (χ4n) is 2.28. The highest BCUT2D eigenvalue weighted by Crippen LogP contribution is 2.31. The van der Waals surface area contributed by atoms with Crippen LogP contribution in [0.1, 0.15) is 24.9 Å². The molecule has 0 radical (unpaired) electrons. The number of aliphatic hydroxyl groups is 1. The van der Waals surface area contributed by atoms with E-state index in [9.17, 15) is 9.90 Å². The quantitative estimate of drug-likeness (QED) is 0.775. The first-order valence-corrected chi connectivity index (χ1v) is 5.51. The number of carbonyl (C=O) groups excluding carboxylic acids is 1. The van der Waals surface area contributed by atoms with Crippen molar-refractivity contribution in [3.63, 3.8) is 0 Å². The van der Waals surface area contributed by atoms with E-state index in [0.29, 0.717) is 13.0 Å². The number of likely N-dealkylation sites (N-methyl/N-ethyl adjacent to an activating group) is 1. The summed E-state index contributed by atoms with van der Waals surface area (Å²) in [6, 6.07) is 10.0. The number of ketones is 1. The minimum absolute atomic E-state index is 0.0700. The number of hydrogen-bond donors (Lipinski definition) is 1. The third-order valence-corrected chi connectivity index (χ3v) is 3.25. The van der Waals surface area contributed by atoms with Gasteiger partial charge in [-0.05, 0) is 19.5 Å². The molecule has 16 heavy (non-hydrogen) atoms.